The lowest BCUT2D eigenvalue weighted by Crippen LogP contribution is -2.60. The number of carbonyl (C=O) groups is 2. The third-order valence-electron chi connectivity index (χ3n) is 6.28. The zero-order valence-electron chi connectivity index (χ0n) is 21.9. The van der Waals surface area contributed by atoms with Gasteiger partial charge in [0.15, 0.2) is 0 Å². The molecule has 1 aliphatic heterocycles. The van der Waals surface area contributed by atoms with E-state index in [4.69, 9.17) is 0 Å². The number of benzene rings is 3. The molecular formula is C27H29N5O6S2. The van der Waals surface area contributed by atoms with Gasteiger partial charge in [0, 0.05) is 32.2 Å². The number of nitrogens with one attached hydrogen (secondary N) is 2. The van der Waals surface area contributed by atoms with Crippen LogP contribution in [0.3, 0.4) is 0 Å². The molecule has 0 aromatic heterocycles. The highest BCUT2D eigenvalue weighted by Crippen LogP contribution is 2.25. The van der Waals surface area contributed by atoms with Gasteiger partial charge in [-0.15, -0.1) is 0 Å². The van der Waals surface area contributed by atoms with Gasteiger partial charge in [-0.25, -0.2) is 22.3 Å². The first-order valence-electron chi connectivity index (χ1n) is 12.3. The monoisotopic (exact) mass is 583 g/mol. The number of piperazine rings is 1. The number of sulfonamides is 2. The molecular weight excluding hydrogens is 554 g/mol. The zero-order chi connectivity index (χ0) is 28.9. The lowest BCUT2D eigenvalue weighted by molar-refractivity contribution is -0.125. The molecule has 1 atom stereocenters. The number of anilines is 1. The van der Waals surface area contributed by atoms with Crippen LogP contribution in [0.5, 0.6) is 0 Å². The van der Waals surface area contributed by atoms with Gasteiger partial charge in [-0.2, -0.15) is 13.7 Å². The van der Waals surface area contributed by atoms with Crippen LogP contribution in [-0.4, -0.2) is 68.6 Å². The average Bonchev–Trinajstić information content (AvgIpc) is 2.96. The molecule has 1 saturated heterocycles. The largest absolute Gasteiger partial charge is 0.326 e. The lowest BCUT2D eigenvalue weighted by Gasteiger charge is -2.38. The van der Waals surface area contributed by atoms with Crippen LogP contribution in [-0.2, 0) is 29.6 Å². The summed E-state index contributed by atoms with van der Waals surface area (Å²) in [7, 11) is -8.11. The maximum absolute atomic E-state index is 13.5. The minimum atomic E-state index is -4.13. The lowest BCUT2D eigenvalue weighted by atomic mass is 10.1. The normalized spacial score (nSPS) is 17.2. The molecule has 40 heavy (non-hydrogen) atoms. The minimum Gasteiger partial charge on any atom is -0.326 e. The van der Waals surface area contributed by atoms with Crippen LogP contribution in [0.1, 0.15) is 19.4 Å². The maximum Gasteiger partial charge on any atom is 0.259 e. The Morgan fingerprint density at radius 1 is 0.775 bits per heavy atom. The van der Waals surface area contributed by atoms with E-state index in [1.807, 2.05) is 0 Å². The van der Waals surface area contributed by atoms with E-state index in [0.29, 0.717) is 17.0 Å². The van der Waals surface area contributed by atoms with Gasteiger partial charge in [0.2, 0.25) is 26.0 Å². The van der Waals surface area contributed by atoms with Gasteiger partial charge in [-0.3, -0.25) is 9.59 Å². The highest BCUT2D eigenvalue weighted by atomic mass is 32.2. The Morgan fingerprint density at radius 2 is 1.32 bits per heavy atom. The standard InChI is InChI=1S/C27H29N5O6S2/c1-20(22-13-15-23(16-14-22)28-21(2)33)29-30-27(34)26-19-31(39(35,36)24-9-5-3-6-10-24)17-18-32(26)40(37,38)25-11-7-4-8-12-25/h3-16,26H,17-19H2,1-2H3,(H,28,33)(H,30,34)/b29-20-/t26-/m0/s1. The average molecular weight is 584 g/mol. The van der Waals surface area contributed by atoms with Gasteiger partial charge >= 0.3 is 0 Å². The Balaban J connectivity index is 1.61. The molecule has 210 valence electrons. The molecule has 13 heteroatoms. The van der Waals surface area contributed by atoms with E-state index in [9.17, 15) is 26.4 Å². The summed E-state index contributed by atoms with van der Waals surface area (Å²) in [6.45, 7) is 2.30. The molecule has 0 bridgehead atoms. The molecule has 1 aliphatic rings. The zero-order valence-corrected chi connectivity index (χ0v) is 23.5. The molecule has 0 saturated carbocycles. The van der Waals surface area contributed by atoms with Crippen molar-refractivity contribution in [3.8, 4) is 0 Å². The molecule has 1 fully saturated rings. The molecule has 0 spiro atoms. The molecule has 11 nitrogen and oxygen atoms in total. The number of amides is 2. The van der Waals surface area contributed by atoms with Crippen LogP contribution in [0.4, 0.5) is 5.69 Å². The molecule has 0 unspecified atom stereocenters. The summed E-state index contributed by atoms with van der Waals surface area (Å²) < 4.78 is 55.7. The van der Waals surface area contributed by atoms with E-state index in [0.717, 1.165) is 8.61 Å². The van der Waals surface area contributed by atoms with Gasteiger partial charge < -0.3 is 5.32 Å². The number of rotatable bonds is 8. The fourth-order valence-corrected chi connectivity index (χ4v) is 7.26. The van der Waals surface area contributed by atoms with Gasteiger partial charge in [-0.1, -0.05) is 48.5 Å². The summed E-state index contributed by atoms with van der Waals surface area (Å²) in [6.07, 6.45) is 0. The Morgan fingerprint density at radius 3 is 1.88 bits per heavy atom. The second kappa shape index (κ2) is 12.1. The molecule has 4 rings (SSSR count). The second-order valence-corrected chi connectivity index (χ2v) is 12.9. The van der Waals surface area contributed by atoms with E-state index in [1.165, 1.54) is 31.2 Å². The summed E-state index contributed by atoms with van der Waals surface area (Å²) >= 11 is 0. The first kappa shape index (κ1) is 29.1. The smallest absolute Gasteiger partial charge is 0.259 e. The highest BCUT2D eigenvalue weighted by Gasteiger charge is 2.43. The number of carbonyl (C=O) groups excluding carboxylic acids is 2. The number of hydrogen-bond acceptors (Lipinski definition) is 7. The Labute approximate surface area is 233 Å². The molecule has 3 aromatic carbocycles. The molecule has 3 aromatic rings. The molecule has 0 radical (unpaired) electrons. The van der Waals surface area contributed by atoms with Crippen molar-refractivity contribution in [2.45, 2.75) is 29.7 Å². The van der Waals surface area contributed by atoms with Crippen LogP contribution < -0.4 is 10.7 Å². The van der Waals surface area contributed by atoms with E-state index in [-0.39, 0.29) is 28.8 Å². The van der Waals surface area contributed by atoms with Crippen LogP contribution in [0, 0.1) is 0 Å². The van der Waals surface area contributed by atoms with E-state index in [2.05, 4.69) is 15.8 Å². The van der Waals surface area contributed by atoms with Crippen molar-refractivity contribution in [3.05, 3.63) is 90.5 Å². The Hall–Kier alpha value is -3.91. The van der Waals surface area contributed by atoms with Crippen LogP contribution in [0.15, 0.2) is 99.8 Å². The molecule has 2 amide bonds. The fourth-order valence-electron chi connectivity index (χ4n) is 4.21. The predicted molar refractivity (Wildman–Crippen MR) is 150 cm³/mol. The quantitative estimate of drug-likeness (QED) is 0.307. The van der Waals surface area contributed by atoms with Crippen LogP contribution >= 0.6 is 0 Å². The van der Waals surface area contributed by atoms with Crippen molar-refractivity contribution in [1.29, 1.82) is 0 Å². The number of hydrogen-bond donors (Lipinski definition) is 2. The predicted octanol–water partition coefficient (Wildman–Crippen LogP) is 2.25. The van der Waals surface area contributed by atoms with Crippen molar-refractivity contribution < 1.29 is 26.4 Å². The molecule has 1 heterocycles. The summed E-state index contributed by atoms with van der Waals surface area (Å²) in [5.41, 5.74) is 4.08. The van der Waals surface area contributed by atoms with Crippen molar-refractivity contribution >= 4 is 43.3 Å². The third-order valence-corrected chi connectivity index (χ3v) is 10.1. The van der Waals surface area contributed by atoms with E-state index in [1.54, 1.807) is 67.6 Å². The van der Waals surface area contributed by atoms with Crippen LogP contribution in [0.25, 0.3) is 0 Å². The highest BCUT2D eigenvalue weighted by molar-refractivity contribution is 7.89. The van der Waals surface area contributed by atoms with Crippen molar-refractivity contribution in [2.24, 2.45) is 5.10 Å². The second-order valence-electron chi connectivity index (χ2n) is 9.05. The Bertz CT molecular complexity index is 1610. The van der Waals surface area contributed by atoms with Gasteiger partial charge in [0.05, 0.1) is 15.5 Å². The Kier molecular flexibility index (Phi) is 8.79. The first-order chi connectivity index (χ1) is 19.0. The van der Waals surface area contributed by atoms with Gasteiger partial charge in [-0.05, 0) is 48.9 Å². The molecule has 2 N–H and O–H groups in total. The SMILES string of the molecule is CC(=O)Nc1ccc(/C(C)=N\NC(=O)[C@@H]2CN(S(=O)(=O)c3ccccc3)CCN2S(=O)(=O)c2ccccc2)cc1. The summed E-state index contributed by atoms with van der Waals surface area (Å²) in [6, 6.07) is 20.8. The number of nitrogens with zero attached hydrogens (tertiary/aromatic N) is 3. The fraction of sp³-hybridized carbons (Fsp3) is 0.222. The number of hydrazone groups is 1. The van der Waals surface area contributed by atoms with Crippen LogP contribution in [0.2, 0.25) is 0 Å². The maximum atomic E-state index is 13.5. The summed E-state index contributed by atoms with van der Waals surface area (Å²) in [5.74, 6) is -0.988. The van der Waals surface area contributed by atoms with E-state index >= 15 is 0 Å². The molecule has 0 aliphatic carbocycles. The van der Waals surface area contributed by atoms with Crippen molar-refractivity contribution in [2.75, 3.05) is 25.0 Å². The van der Waals surface area contributed by atoms with Gasteiger partial charge in [0.1, 0.15) is 6.04 Å². The van der Waals surface area contributed by atoms with Crippen molar-refractivity contribution in [1.82, 2.24) is 14.0 Å². The van der Waals surface area contributed by atoms with Crippen molar-refractivity contribution in [3.63, 3.8) is 0 Å². The summed E-state index contributed by atoms with van der Waals surface area (Å²) in [4.78, 5) is 24.7. The first-order valence-corrected chi connectivity index (χ1v) is 15.2. The third kappa shape index (κ3) is 6.45. The van der Waals surface area contributed by atoms with Gasteiger partial charge in [0.25, 0.3) is 5.91 Å². The van der Waals surface area contributed by atoms with E-state index < -0.39 is 38.5 Å². The minimum absolute atomic E-state index is 0.00823. The summed E-state index contributed by atoms with van der Waals surface area (Å²) in [5, 5.41) is 6.80. The topological polar surface area (TPSA) is 145 Å².